The van der Waals surface area contributed by atoms with E-state index in [0.717, 1.165) is 21.7 Å². The van der Waals surface area contributed by atoms with Crippen molar-refractivity contribution in [3.8, 4) is 22.1 Å². The van der Waals surface area contributed by atoms with E-state index in [4.69, 9.17) is 14.0 Å². The summed E-state index contributed by atoms with van der Waals surface area (Å²) in [6.07, 6.45) is 0. The molecule has 4 rings (SSSR count). The lowest BCUT2D eigenvalue weighted by molar-refractivity contribution is 0.174. The van der Waals surface area contributed by atoms with Crippen molar-refractivity contribution in [1.29, 1.82) is 0 Å². The first-order chi connectivity index (χ1) is 12.8. The lowest BCUT2D eigenvalue weighted by atomic mass is 10.2. The average molecular weight is 406 g/mol. The molecule has 0 aliphatic carbocycles. The minimum atomic E-state index is -3.67. The molecule has 1 aromatic carbocycles. The number of ether oxygens (including phenoxy) is 2. The highest BCUT2D eigenvalue weighted by molar-refractivity contribution is 7.89. The van der Waals surface area contributed by atoms with Crippen molar-refractivity contribution in [2.75, 3.05) is 6.79 Å². The van der Waals surface area contributed by atoms with E-state index < -0.39 is 10.0 Å². The predicted molar refractivity (Wildman–Crippen MR) is 101 cm³/mol. The van der Waals surface area contributed by atoms with Gasteiger partial charge in [-0.3, -0.25) is 0 Å². The van der Waals surface area contributed by atoms with Gasteiger partial charge in [-0.15, -0.1) is 11.3 Å². The zero-order valence-corrected chi connectivity index (χ0v) is 16.7. The molecule has 0 amide bonds. The molecule has 0 spiro atoms. The molecule has 3 aromatic rings. The Bertz CT molecular complexity index is 1110. The van der Waals surface area contributed by atoms with Crippen molar-refractivity contribution in [3.05, 3.63) is 46.0 Å². The molecule has 1 aliphatic rings. The highest BCUT2D eigenvalue weighted by atomic mass is 32.2. The van der Waals surface area contributed by atoms with Crippen LogP contribution in [-0.4, -0.2) is 20.4 Å². The Morgan fingerprint density at radius 2 is 1.93 bits per heavy atom. The van der Waals surface area contributed by atoms with Gasteiger partial charge in [0.05, 0.1) is 15.5 Å². The van der Waals surface area contributed by atoms with E-state index in [-0.39, 0.29) is 18.2 Å². The third kappa shape index (κ3) is 3.33. The Labute approximate surface area is 161 Å². The quantitative estimate of drug-likeness (QED) is 0.697. The van der Waals surface area contributed by atoms with Crippen LogP contribution in [0.4, 0.5) is 0 Å². The van der Waals surface area contributed by atoms with Gasteiger partial charge in [0.15, 0.2) is 17.3 Å². The van der Waals surface area contributed by atoms with Crippen LogP contribution < -0.4 is 14.2 Å². The number of sulfonamides is 1. The number of nitrogens with zero attached hydrogens (tertiary/aromatic N) is 1. The first kappa shape index (κ1) is 18.0. The molecule has 0 saturated carbocycles. The summed E-state index contributed by atoms with van der Waals surface area (Å²) in [5.74, 6) is 1.90. The van der Waals surface area contributed by atoms with Crippen molar-refractivity contribution in [2.45, 2.75) is 32.2 Å². The molecule has 7 nitrogen and oxygen atoms in total. The van der Waals surface area contributed by atoms with Gasteiger partial charge in [0.25, 0.3) is 0 Å². The van der Waals surface area contributed by atoms with Crippen LogP contribution in [0.15, 0.2) is 33.7 Å². The van der Waals surface area contributed by atoms with Crippen LogP contribution in [0.3, 0.4) is 0 Å². The van der Waals surface area contributed by atoms with Gasteiger partial charge < -0.3 is 14.0 Å². The van der Waals surface area contributed by atoms with E-state index in [0.29, 0.717) is 22.1 Å². The van der Waals surface area contributed by atoms with Crippen molar-refractivity contribution in [3.63, 3.8) is 0 Å². The number of hydrogen-bond acceptors (Lipinski definition) is 7. The zero-order chi connectivity index (χ0) is 19.2. The van der Waals surface area contributed by atoms with E-state index in [2.05, 4.69) is 9.88 Å². The summed E-state index contributed by atoms with van der Waals surface area (Å²) in [6, 6.07) is 6.99. The smallest absolute Gasteiger partial charge is 0.241 e. The summed E-state index contributed by atoms with van der Waals surface area (Å²) in [5.41, 5.74) is 2.49. The molecule has 1 aliphatic heterocycles. The monoisotopic (exact) mass is 406 g/mol. The van der Waals surface area contributed by atoms with Crippen LogP contribution in [0.1, 0.15) is 21.7 Å². The SMILES string of the molecule is Cc1noc(-c2cc(S(=O)(=O)NCc3ccc4c(c3)OCO4)c(C)s2)c1C. The molecule has 2 aromatic heterocycles. The number of benzene rings is 1. The number of nitrogens with one attached hydrogen (secondary N) is 1. The summed E-state index contributed by atoms with van der Waals surface area (Å²) >= 11 is 1.37. The first-order valence-electron chi connectivity index (χ1n) is 8.27. The number of hydrogen-bond donors (Lipinski definition) is 1. The number of aromatic nitrogens is 1. The van der Waals surface area contributed by atoms with Crippen LogP contribution in [0.2, 0.25) is 0 Å². The summed E-state index contributed by atoms with van der Waals surface area (Å²) < 4.78 is 44.2. The van der Waals surface area contributed by atoms with Gasteiger partial charge >= 0.3 is 0 Å². The summed E-state index contributed by atoms with van der Waals surface area (Å²) in [5, 5.41) is 3.94. The summed E-state index contributed by atoms with van der Waals surface area (Å²) in [6.45, 7) is 5.88. The topological polar surface area (TPSA) is 90.7 Å². The van der Waals surface area contributed by atoms with Crippen LogP contribution >= 0.6 is 11.3 Å². The minimum Gasteiger partial charge on any atom is -0.454 e. The van der Waals surface area contributed by atoms with Gasteiger partial charge in [-0.2, -0.15) is 0 Å². The highest BCUT2D eigenvalue weighted by Crippen LogP contribution is 2.36. The Hall–Kier alpha value is -2.36. The standard InChI is InChI=1S/C18H18N2O5S2/c1-10-11(2)20-25-18(10)16-7-17(12(3)26-16)27(21,22)19-8-13-4-5-14-15(6-13)24-9-23-14/h4-7,19H,8-9H2,1-3H3. The maximum absolute atomic E-state index is 12.8. The lowest BCUT2D eigenvalue weighted by Crippen LogP contribution is -2.23. The molecule has 27 heavy (non-hydrogen) atoms. The number of rotatable bonds is 5. The minimum absolute atomic E-state index is 0.157. The van der Waals surface area contributed by atoms with E-state index in [1.807, 2.05) is 19.9 Å². The fraction of sp³-hybridized carbons (Fsp3) is 0.278. The second-order valence-corrected chi connectivity index (χ2v) is 9.26. The van der Waals surface area contributed by atoms with Gasteiger partial charge in [-0.1, -0.05) is 11.2 Å². The number of thiophene rings is 1. The normalized spacial score (nSPS) is 13.3. The highest BCUT2D eigenvalue weighted by Gasteiger charge is 2.23. The van der Waals surface area contributed by atoms with Crippen molar-refractivity contribution in [1.82, 2.24) is 9.88 Å². The van der Waals surface area contributed by atoms with Crippen molar-refractivity contribution < 1.29 is 22.4 Å². The van der Waals surface area contributed by atoms with E-state index in [1.54, 1.807) is 25.1 Å². The summed E-state index contributed by atoms with van der Waals surface area (Å²) in [4.78, 5) is 1.68. The average Bonchev–Trinajstić information content (AvgIpc) is 3.33. The molecule has 0 fully saturated rings. The molecule has 0 unspecified atom stereocenters. The van der Waals surface area contributed by atoms with E-state index in [1.165, 1.54) is 11.3 Å². The van der Waals surface area contributed by atoms with Gasteiger partial charge in [0.2, 0.25) is 16.8 Å². The fourth-order valence-electron chi connectivity index (χ4n) is 2.80. The molecule has 1 N–H and O–H groups in total. The molecule has 0 saturated heterocycles. The molecular weight excluding hydrogens is 388 g/mol. The van der Waals surface area contributed by atoms with Crippen LogP contribution in [0, 0.1) is 20.8 Å². The molecular formula is C18H18N2O5S2. The molecule has 9 heteroatoms. The third-order valence-electron chi connectivity index (χ3n) is 4.45. The Balaban J connectivity index is 1.56. The van der Waals surface area contributed by atoms with Crippen molar-refractivity contribution in [2.24, 2.45) is 0 Å². The van der Waals surface area contributed by atoms with Gasteiger partial charge in [-0.25, -0.2) is 13.1 Å². The molecule has 3 heterocycles. The zero-order valence-electron chi connectivity index (χ0n) is 15.0. The lowest BCUT2D eigenvalue weighted by Gasteiger charge is -2.07. The van der Waals surface area contributed by atoms with Gasteiger partial charge in [-0.05, 0) is 44.5 Å². The maximum atomic E-state index is 12.8. The molecule has 142 valence electrons. The number of fused-ring (bicyclic) bond motifs is 1. The predicted octanol–water partition coefficient (Wildman–Crippen LogP) is 3.54. The fourth-order valence-corrected chi connectivity index (χ4v) is 5.44. The Morgan fingerprint density at radius 3 is 2.67 bits per heavy atom. The second kappa shape index (κ2) is 6.66. The van der Waals surface area contributed by atoms with Gasteiger partial charge in [0, 0.05) is 17.0 Å². The van der Waals surface area contributed by atoms with E-state index >= 15 is 0 Å². The Kier molecular flexibility index (Phi) is 4.45. The first-order valence-corrected chi connectivity index (χ1v) is 10.6. The maximum Gasteiger partial charge on any atom is 0.241 e. The van der Waals surface area contributed by atoms with Crippen LogP contribution in [0.5, 0.6) is 11.5 Å². The largest absolute Gasteiger partial charge is 0.454 e. The third-order valence-corrected chi connectivity index (χ3v) is 7.15. The second-order valence-electron chi connectivity index (χ2n) is 6.27. The Morgan fingerprint density at radius 1 is 1.15 bits per heavy atom. The van der Waals surface area contributed by atoms with Crippen LogP contribution in [0.25, 0.3) is 10.6 Å². The molecule has 0 radical (unpaired) electrons. The number of aryl methyl sites for hydroxylation is 2. The van der Waals surface area contributed by atoms with Crippen molar-refractivity contribution >= 4 is 21.4 Å². The van der Waals surface area contributed by atoms with Gasteiger partial charge in [0.1, 0.15) is 0 Å². The molecule has 0 atom stereocenters. The molecule has 0 bridgehead atoms. The summed E-state index contributed by atoms with van der Waals surface area (Å²) in [7, 11) is -3.67. The van der Waals surface area contributed by atoms with Crippen LogP contribution in [-0.2, 0) is 16.6 Å². The van der Waals surface area contributed by atoms with E-state index in [9.17, 15) is 8.42 Å².